The van der Waals surface area contributed by atoms with E-state index in [1.807, 2.05) is 6.07 Å². The van der Waals surface area contributed by atoms with Crippen molar-refractivity contribution in [1.82, 2.24) is 4.98 Å². The molecule has 0 bridgehead atoms. The third-order valence-electron chi connectivity index (χ3n) is 4.67. The second-order valence-corrected chi connectivity index (χ2v) is 7.75. The fourth-order valence-electron chi connectivity index (χ4n) is 3.45. The van der Waals surface area contributed by atoms with Gasteiger partial charge in [0.1, 0.15) is 4.88 Å². The summed E-state index contributed by atoms with van der Waals surface area (Å²) in [5.41, 5.74) is 2.77. The van der Waals surface area contributed by atoms with Crippen molar-refractivity contribution in [2.75, 3.05) is 13.2 Å². The molecule has 0 atom stereocenters. The van der Waals surface area contributed by atoms with Gasteiger partial charge in [0.05, 0.1) is 17.7 Å². The van der Waals surface area contributed by atoms with E-state index in [1.165, 1.54) is 21.8 Å². The maximum Gasteiger partial charge on any atom is 0.348 e. The van der Waals surface area contributed by atoms with E-state index < -0.39 is 24.3 Å². The minimum absolute atomic E-state index is 0.210. The zero-order valence-electron chi connectivity index (χ0n) is 15.8. The van der Waals surface area contributed by atoms with Crippen LogP contribution < -0.4 is 0 Å². The molecule has 0 amide bonds. The third kappa shape index (κ3) is 3.98. The molecule has 2 heterocycles. The number of ether oxygens (including phenoxy) is 2. The predicted molar refractivity (Wildman–Crippen MR) is 102 cm³/mol. The Morgan fingerprint density at radius 2 is 1.74 bits per heavy atom. The normalized spacial score (nSPS) is 13.1. The lowest BCUT2D eigenvalue weighted by atomic mass is 9.99. The molecule has 144 valence electrons. The molecule has 0 aliphatic heterocycles. The van der Waals surface area contributed by atoms with Crippen molar-refractivity contribution in [3.05, 3.63) is 43.9 Å². The van der Waals surface area contributed by atoms with Crippen LogP contribution in [0.1, 0.15) is 72.0 Å². The van der Waals surface area contributed by atoms with Gasteiger partial charge in [0.15, 0.2) is 6.61 Å². The highest BCUT2D eigenvalue weighted by molar-refractivity contribution is 7.14. The van der Waals surface area contributed by atoms with Crippen molar-refractivity contribution >= 4 is 29.1 Å². The Morgan fingerprint density at radius 3 is 2.44 bits per heavy atom. The summed E-state index contributed by atoms with van der Waals surface area (Å²) in [5.74, 6) is -1.47. The highest BCUT2D eigenvalue weighted by atomic mass is 32.1. The average molecular weight is 389 g/mol. The second-order valence-electron chi connectivity index (χ2n) is 6.61. The lowest BCUT2D eigenvalue weighted by Gasteiger charge is -2.08. The van der Waals surface area contributed by atoms with Crippen molar-refractivity contribution in [3.63, 3.8) is 0 Å². The fourth-order valence-corrected chi connectivity index (χ4v) is 4.60. The van der Waals surface area contributed by atoms with E-state index in [1.54, 1.807) is 20.8 Å². The summed E-state index contributed by atoms with van der Waals surface area (Å²) in [4.78, 5) is 41.9. The second kappa shape index (κ2) is 8.08. The van der Waals surface area contributed by atoms with Gasteiger partial charge in [-0.15, -0.1) is 11.3 Å². The summed E-state index contributed by atoms with van der Waals surface area (Å²) in [5, 5.41) is 0. The standard InChI is InChI=1S/C20H23NO5S/c1-4-25-20(24)18-12(3)21-11(2)17(18)14(22)10-26-19(23)16-9-13-7-5-6-8-15(13)27-16/h9,21H,4-8,10H2,1-3H3. The van der Waals surface area contributed by atoms with E-state index in [0.717, 1.165) is 25.7 Å². The van der Waals surface area contributed by atoms with Gasteiger partial charge in [0.25, 0.3) is 0 Å². The van der Waals surface area contributed by atoms with Crippen LogP contribution in [-0.2, 0) is 22.3 Å². The number of Topliss-reactive ketones (excluding diaryl/α,β-unsaturated/α-hetero) is 1. The summed E-state index contributed by atoms with van der Waals surface area (Å²) in [6.45, 7) is 4.92. The van der Waals surface area contributed by atoms with E-state index in [9.17, 15) is 14.4 Å². The topological polar surface area (TPSA) is 85.5 Å². The summed E-state index contributed by atoms with van der Waals surface area (Å²) in [6, 6.07) is 1.88. The zero-order valence-corrected chi connectivity index (χ0v) is 16.6. The van der Waals surface area contributed by atoms with Gasteiger partial charge in [0, 0.05) is 16.3 Å². The number of hydrogen-bond acceptors (Lipinski definition) is 6. The Morgan fingerprint density at radius 1 is 1.04 bits per heavy atom. The monoisotopic (exact) mass is 389 g/mol. The van der Waals surface area contributed by atoms with Gasteiger partial charge in [-0.2, -0.15) is 0 Å². The van der Waals surface area contributed by atoms with Crippen molar-refractivity contribution in [1.29, 1.82) is 0 Å². The summed E-state index contributed by atoms with van der Waals surface area (Å²) in [7, 11) is 0. The van der Waals surface area contributed by atoms with Crippen LogP contribution in [0.25, 0.3) is 0 Å². The number of carbonyl (C=O) groups excluding carboxylic acids is 3. The Hall–Kier alpha value is -2.41. The van der Waals surface area contributed by atoms with Gasteiger partial charge >= 0.3 is 11.9 Å². The zero-order chi connectivity index (χ0) is 19.6. The molecule has 2 aromatic rings. The number of hydrogen-bond donors (Lipinski definition) is 1. The van der Waals surface area contributed by atoms with Crippen LogP contribution in [0.2, 0.25) is 0 Å². The Bertz CT molecular complexity index is 869. The quantitative estimate of drug-likeness (QED) is 0.600. The first-order chi connectivity index (χ1) is 12.9. The van der Waals surface area contributed by atoms with E-state index in [2.05, 4.69) is 4.98 Å². The Labute approximate surface area is 161 Å². The molecule has 6 nitrogen and oxygen atoms in total. The van der Waals surface area contributed by atoms with Gasteiger partial charge in [-0.1, -0.05) is 0 Å². The first-order valence-electron chi connectivity index (χ1n) is 9.10. The molecule has 1 aliphatic carbocycles. The van der Waals surface area contributed by atoms with Gasteiger partial charge in [-0.25, -0.2) is 9.59 Å². The molecule has 0 radical (unpaired) electrons. The predicted octanol–water partition coefficient (Wildman–Crippen LogP) is 3.79. The first kappa shape index (κ1) is 19.4. The number of ketones is 1. The lowest BCUT2D eigenvalue weighted by molar-refractivity contribution is 0.0476. The van der Waals surface area contributed by atoms with Crippen LogP contribution in [0.15, 0.2) is 6.07 Å². The molecule has 2 aromatic heterocycles. The molecule has 7 heteroatoms. The number of rotatable bonds is 6. The van der Waals surface area contributed by atoms with Crippen LogP contribution in [0.3, 0.4) is 0 Å². The van der Waals surface area contributed by atoms with Crippen molar-refractivity contribution in [3.8, 4) is 0 Å². The van der Waals surface area contributed by atoms with E-state index >= 15 is 0 Å². The largest absolute Gasteiger partial charge is 0.462 e. The van der Waals surface area contributed by atoms with Gasteiger partial charge in [-0.05, 0) is 58.1 Å². The first-order valence-corrected chi connectivity index (χ1v) is 9.92. The molecule has 1 N–H and O–H groups in total. The van der Waals surface area contributed by atoms with Crippen molar-refractivity contribution in [2.45, 2.75) is 46.5 Å². The minimum atomic E-state index is -0.556. The number of esters is 2. The van der Waals surface area contributed by atoms with Crippen LogP contribution >= 0.6 is 11.3 Å². The molecule has 0 spiro atoms. The molecule has 0 unspecified atom stereocenters. The Balaban J connectivity index is 1.71. The molecular formula is C20H23NO5S. The molecule has 3 rings (SSSR count). The van der Waals surface area contributed by atoms with E-state index in [-0.39, 0.29) is 17.7 Å². The smallest absolute Gasteiger partial charge is 0.348 e. The van der Waals surface area contributed by atoms with Crippen LogP contribution in [-0.4, -0.2) is 35.9 Å². The SMILES string of the molecule is CCOC(=O)c1c(C)[nH]c(C)c1C(=O)COC(=O)c1cc2c(s1)CCCC2. The number of fused-ring (bicyclic) bond motifs is 1. The van der Waals surface area contributed by atoms with E-state index in [0.29, 0.717) is 16.3 Å². The molecule has 0 fully saturated rings. The van der Waals surface area contributed by atoms with Gasteiger partial charge in [0.2, 0.25) is 5.78 Å². The van der Waals surface area contributed by atoms with Gasteiger partial charge in [-0.3, -0.25) is 4.79 Å². The van der Waals surface area contributed by atoms with Crippen LogP contribution in [0, 0.1) is 13.8 Å². The summed E-state index contributed by atoms with van der Waals surface area (Å²) >= 11 is 1.45. The maximum absolute atomic E-state index is 12.6. The number of thiophene rings is 1. The lowest BCUT2D eigenvalue weighted by Crippen LogP contribution is -2.17. The van der Waals surface area contributed by atoms with Crippen LogP contribution in [0.5, 0.6) is 0 Å². The van der Waals surface area contributed by atoms with Crippen molar-refractivity contribution in [2.24, 2.45) is 0 Å². The van der Waals surface area contributed by atoms with E-state index in [4.69, 9.17) is 9.47 Å². The number of aromatic amines is 1. The number of aryl methyl sites for hydroxylation is 4. The van der Waals surface area contributed by atoms with Gasteiger partial charge < -0.3 is 14.5 Å². The van der Waals surface area contributed by atoms with Crippen molar-refractivity contribution < 1.29 is 23.9 Å². The minimum Gasteiger partial charge on any atom is -0.462 e. The number of aromatic nitrogens is 1. The Kier molecular flexibility index (Phi) is 5.79. The molecular weight excluding hydrogens is 366 g/mol. The highest BCUT2D eigenvalue weighted by Gasteiger charge is 2.26. The molecule has 0 saturated heterocycles. The molecule has 0 aromatic carbocycles. The summed E-state index contributed by atoms with van der Waals surface area (Å²) < 4.78 is 10.3. The number of H-pyrrole nitrogens is 1. The van der Waals surface area contributed by atoms with Crippen LogP contribution in [0.4, 0.5) is 0 Å². The number of carbonyl (C=O) groups is 3. The highest BCUT2D eigenvalue weighted by Crippen LogP contribution is 2.30. The third-order valence-corrected chi connectivity index (χ3v) is 5.88. The maximum atomic E-state index is 12.6. The fraction of sp³-hybridized carbons (Fsp3) is 0.450. The molecule has 0 saturated carbocycles. The summed E-state index contributed by atoms with van der Waals surface area (Å²) in [6.07, 6.45) is 4.27. The molecule has 1 aliphatic rings. The molecule has 27 heavy (non-hydrogen) atoms. The number of nitrogens with one attached hydrogen (secondary N) is 1. The average Bonchev–Trinajstić information content (AvgIpc) is 3.19.